The van der Waals surface area contributed by atoms with E-state index < -0.39 is 17.8 Å². The predicted molar refractivity (Wildman–Crippen MR) is 54.6 cm³/mol. The summed E-state index contributed by atoms with van der Waals surface area (Å²) < 4.78 is 13.3. The second-order valence-corrected chi connectivity index (χ2v) is 3.04. The molecule has 0 aliphatic rings. The molecule has 1 aromatic rings. The van der Waals surface area contributed by atoms with Crippen molar-refractivity contribution >= 4 is 18.0 Å². The van der Waals surface area contributed by atoms with Crippen molar-refractivity contribution < 1.29 is 24.2 Å². The second-order valence-electron chi connectivity index (χ2n) is 3.04. The van der Waals surface area contributed by atoms with Gasteiger partial charge in [0.15, 0.2) is 0 Å². The molecule has 4 nitrogen and oxygen atoms in total. The monoisotopic (exact) mass is 224 g/mol. The summed E-state index contributed by atoms with van der Waals surface area (Å²) in [6.07, 6.45) is 2.39. The van der Waals surface area contributed by atoms with E-state index in [1.54, 1.807) is 0 Å². The third-order valence-corrected chi connectivity index (χ3v) is 1.84. The number of aromatic carboxylic acids is 1. The number of benzene rings is 1. The average molecular weight is 224 g/mol. The third kappa shape index (κ3) is 3.20. The van der Waals surface area contributed by atoms with Gasteiger partial charge in [-0.25, -0.2) is 9.18 Å². The Labute approximate surface area is 90.6 Å². The number of carboxylic acids is 2. The molecule has 2 N–H and O–H groups in total. The number of hydrogen-bond acceptors (Lipinski definition) is 2. The van der Waals surface area contributed by atoms with Crippen LogP contribution in [0.5, 0.6) is 0 Å². The Morgan fingerprint density at radius 1 is 1.31 bits per heavy atom. The predicted octanol–water partition coefficient (Wildman–Crippen LogP) is 2.01. The van der Waals surface area contributed by atoms with Crippen molar-refractivity contribution in [3.05, 3.63) is 41.2 Å². The van der Waals surface area contributed by atoms with Crippen LogP contribution in [0.15, 0.2) is 24.3 Å². The standard InChI is InChI=1S/C11H9FO4/c12-9-6-8(11(15)16)5-4-7(9)2-1-3-10(13)14/h1-2,4-6H,3H2,(H,13,14)(H,15,16). The number of aliphatic carboxylic acids is 1. The molecular weight excluding hydrogens is 215 g/mol. The van der Waals surface area contributed by atoms with Crippen molar-refractivity contribution in [3.8, 4) is 0 Å². The first-order valence-electron chi connectivity index (χ1n) is 4.42. The highest BCUT2D eigenvalue weighted by molar-refractivity contribution is 5.87. The summed E-state index contributed by atoms with van der Waals surface area (Å²) in [7, 11) is 0. The smallest absolute Gasteiger partial charge is 0.335 e. The Hall–Kier alpha value is -2.17. The topological polar surface area (TPSA) is 74.6 Å². The van der Waals surface area contributed by atoms with E-state index in [1.165, 1.54) is 24.3 Å². The van der Waals surface area contributed by atoms with Crippen LogP contribution in [-0.4, -0.2) is 22.2 Å². The van der Waals surface area contributed by atoms with E-state index in [4.69, 9.17) is 10.2 Å². The first-order chi connectivity index (χ1) is 7.50. The molecule has 0 aromatic heterocycles. The normalized spacial score (nSPS) is 10.6. The molecule has 16 heavy (non-hydrogen) atoms. The van der Waals surface area contributed by atoms with Crippen LogP contribution in [0.2, 0.25) is 0 Å². The Balaban J connectivity index is 2.87. The molecular formula is C11H9FO4. The molecule has 1 aromatic carbocycles. The minimum atomic E-state index is -1.21. The largest absolute Gasteiger partial charge is 0.481 e. The van der Waals surface area contributed by atoms with E-state index in [2.05, 4.69) is 0 Å². The summed E-state index contributed by atoms with van der Waals surface area (Å²) in [4.78, 5) is 20.7. The molecule has 0 saturated carbocycles. The number of hydrogen-bond donors (Lipinski definition) is 2. The van der Waals surface area contributed by atoms with Gasteiger partial charge < -0.3 is 10.2 Å². The molecule has 0 fully saturated rings. The maximum Gasteiger partial charge on any atom is 0.335 e. The quantitative estimate of drug-likeness (QED) is 0.820. The molecule has 0 amide bonds. The zero-order valence-corrected chi connectivity index (χ0v) is 8.18. The van der Waals surface area contributed by atoms with Gasteiger partial charge >= 0.3 is 11.9 Å². The van der Waals surface area contributed by atoms with E-state index in [-0.39, 0.29) is 17.5 Å². The molecule has 0 bridgehead atoms. The van der Waals surface area contributed by atoms with Crippen LogP contribution in [0, 0.1) is 5.82 Å². The lowest BCUT2D eigenvalue weighted by atomic mass is 10.1. The van der Waals surface area contributed by atoms with Gasteiger partial charge in [-0.05, 0) is 12.1 Å². The summed E-state index contributed by atoms with van der Waals surface area (Å²) in [5, 5.41) is 16.9. The molecule has 0 spiro atoms. The molecule has 0 heterocycles. The van der Waals surface area contributed by atoms with Gasteiger partial charge in [0.2, 0.25) is 0 Å². The molecule has 0 saturated heterocycles. The van der Waals surface area contributed by atoms with Gasteiger partial charge in [-0.1, -0.05) is 18.2 Å². The van der Waals surface area contributed by atoms with Gasteiger partial charge in [-0.15, -0.1) is 0 Å². The summed E-state index contributed by atoms with van der Waals surface area (Å²) in [6.45, 7) is 0. The second kappa shape index (κ2) is 5.06. The van der Waals surface area contributed by atoms with Crippen molar-refractivity contribution in [3.63, 3.8) is 0 Å². The fraction of sp³-hybridized carbons (Fsp3) is 0.0909. The highest BCUT2D eigenvalue weighted by Gasteiger charge is 2.06. The molecule has 84 valence electrons. The highest BCUT2D eigenvalue weighted by atomic mass is 19.1. The fourth-order valence-corrected chi connectivity index (χ4v) is 1.08. The van der Waals surface area contributed by atoms with Crippen molar-refractivity contribution in [2.24, 2.45) is 0 Å². The maximum atomic E-state index is 13.3. The lowest BCUT2D eigenvalue weighted by Gasteiger charge is -1.98. The molecule has 0 unspecified atom stereocenters. The van der Waals surface area contributed by atoms with Gasteiger partial charge in [0.05, 0.1) is 12.0 Å². The van der Waals surface area contributed by atoms with Crippen molar-refractivity contribution in [1.29, 1.82) is 0 Å². The summed E-state index contributed by atoms with van der Waals surface area (Å²) in [6, 6.07) is 3.44. The van der Waals surface area contributed by atoms with Crippen LogP contribution in [0.4, 0.5) is 4.39 Å². The van der Waals surface area contributed by atoms with Crippen LogP contribution in [0.1, 0.15) is 22.3 Å². The van der Waals surface area contributed by atoms with Crippen LogP contribution in [0.25, 0.3) is 6.08 Å². The number of halogens is 1. The lowest BCUT2D eigenvalue weighted by Crippen LogP contribution is -1.97. The first-order valence-corrected chi connectivity index (χ1v) is 4.42. The molecule has 0 radical (unpaired) electrons. The van der Waals surface area contributed by atoms with E-state index in [0.717, 1.165) is 6.07 Å². The molecule has 5 heteroatoms. The zero-order valence-electron chi connectivity index (χ0n) is 8.18. The summed E-state index contributed by atoms with van der Waals surface area (Å²) in [5.41, 5.74) is 0.0131. The minimum absolute atomic E-state index is 0.145. The van der Waals surface area contributed by atoms with E-state index >= 15 is 0 Å². The third-order valence-electron chi connectivity index (χ3n) is 1.84. The van der Waals surface area contributed by atoms with Crippen molar-refractivity contribution in [1.82, 2.24) is 0 Å². The van der Waals surface area contributed by atoms with Gasteiger partial charge in [0.25, 0.3) is 0 Å². The molecule has 0 atom stereocenters. The van der Waals surface area contributed by atoms with Crippen LogP contribution in [0.3, 0.4) is 0 Å². The number of rotatable bonds is 4. The Bertz CT molecular complexity index is 451. The van der Waals surface area contributed by atoms with Gasteiger partial charge in [-0.2, -0.15) is 0 Å². The SMILES string of the molecule is O=C(O)CC=Cc1ccc(C(=O)O)cc1F. The maximum absolute atomic E-state index is 13.3. The molecule has 0 aliphatic heterocycles. The van der Waals surface area contributed by atoms with Crippen LogP contribution >= 0.6 is 0 Å². The summed E-state index contributed by atoms with van der Waals surface area (Å²) >= 11 is 0. The number of carboxylic acid groups (broad SMARTS) is 2. The van der Waals surface area contributed by atoms with Gasteiger partial charge in [0, 0.05) is 5.56 Å². The Kier molecular flexibility index (Phi) is 3.77. The van der Waals surface area contributed by atoms with Gasteiger partial charge in [-0.3, -0.25) is 4.79 Å². The van der Waals surface area contributed by atoms with Gasteiger partial charge in [0.1, 0.15) is 5.82 Å². The van der Waals surface area contributed by atoms with E-state index in [1.807, 2.05) is 0 Å². The van der Waals surface area contributed by atoms with Crippen molar-refractivity contribution in [2.45, 2.75) is 6.42 Å². The number of carbonyl (C=O) groups is 2. The zero-order chi connectivity index (χ0) is 12.1. The Morgan fingerprint density at radius 3 is 2.50 bits per heavy atom. The fourth-order valence-electron chi connectivity index (χ4n) is 1.08. The molecule has 0 aliphatic carbocycles. The van der Waals surface area contributed by atoms with Crippen LogP contribution in [-0.2, 0) is 4.79 Å². The van der Waals surface area contributed by atoms with E-state index in [9.17, 15) is 14.0 Å². The minimum Gasteiger partial charge on any atom is -0.481 e. The molecule has 1 rings (SSSR count). The average Bonchev–Trinajstić information content (AvgIpc) is 2.19. The highest BCUT2D eigenvalue weighted by Crippen LogP contribution is 2.12. The Morgan fingerprint density at radius 2 is 2.00 bits per heavy atom. The van der Waals surface area contributed by atoms with Crippen LogP contribution < -0.4 is 0 Å². The van der Waals surface area contributed by atoms with Crippen molar-refractivity contribution in [2.75, 3.05) is 0 Å². The lowest BCUT2D eigenvalue weighted by molar-refractivity contribution is -0.135. The first kappa shape index (κ1) is 11.9. The summed E-state index contributed by atoms with van der Waals surface area (Å²) in [5.74, 6) is -2.92. The van der Waals surface area contributed by atoms with E-state index in [0.29, 0.717) is 0 Å².